The number of rotatable bonds is 1. The number of pyridine rings is 1. The van der Waals surface area contributed by atoms with Crippen LogP contribution in [0.5, 0.6) is 5.75 Å². The molecule has 2 aromatic rings. The summed E-state index contributed by atoms with van der Waals surface area (Å²) in [5, 5.41) is 0.528. The molecule has 128 valence electrons. The highest BCUT2D eigenvalue weighted by atomic mass is 35.5. The second-order valence-electron chi connectivity index (χ2n) is 6.50. The topological polar surface area (TPSA) is 48.4 Å². The van der Waals surface area contributed by atoms with E-state index in [-0.39, 0.29) is 11.4 Å². The maximum Gasteiger partial charge on any atom is 0.337 e. The molecule has 25 heavy (non-hydrogen) atoms. The van der Waals surface area contributed by atoms with Gasteiger partial charge in [-0.15, -0.1) is 0 Å². The van der Waals surface area contributed by atoms with Crippen molar-refractivity contribution in [2.45, 2.75) is 24.7 Å². The van der Waals surface area contributed by atoms with Gasteiger partial charge in [-0.3, -0.25) is 0 Å². The average molecular weight is 356 g/mol. The van der Waals surface area contributed by atoms with Gasteiger partial charge in [0.15, 0.2) is 0 Å². The number of aryl methyl sites for hydroxylation is 1. The maximum absolute atomic E-state index is 11.8. The monoisotopic (exact) mass is 355 g/mol. The number of methoxy groups -OCH3 is 1. The minimum absolute atomic E-state index is 0.213. The fourth-order valence-electron chi connectivity index (χ4n) is 3.71. The molecular formula is C20H18ClNO3. The van der Waals surface area contributed by atoms with Crippen LogP contribution in [0.4, 0.5) is 0 Å². The van der Waals surface area contributed by atoms with Crippen molar-refractivity contribution in [3.63, 3.8) is 0 Å². The Morgan fingerprint density at radius 1 is 1.32 bits per heavy atom. The van der Waals surface area contributed by atoms with E-state index in [1.54, 1.807) is 12.1 Å². The van der Waals surface area contributed by atoms with Crippen LogP contribution in [0.2, 0.25) is 5.15 Å². The molecule has 2 aliphatic rings. The van der Waals surface area contributed by atoms with Gasteiger partial charge in [-0.1, -0.05) is 29.8 Å². The number of aromatic nitrogens is 1. The molecule has 0 unspecified atom stereocenters. The quantitative estimate of drug-likeness (QED) is 0.568. The highest BCUT2D eigenvalue weighted by Crippen LogP contribution is 2.41. The van der Waals surface area contributed by atoms with E-state index in [0.717, 1.165) is 36.3 Å². The highest BCUT2D eigenvalue weighted by Gasteiger charge is 2.37. The number of benzene rings is 1. The van der Waals surface area contributed by atoms with Crippen LogP contribution in [0.25, 0.3) is 6.08 Å². The molecule has 0 bridgehead atoms. The van der Waals surface area contributed by atoms with Gasteiger partial charge in [0.2, 0.25) is 0 Å². The number of carbonyl (C=O) groups excluding carboxylic acids is 1. The summed E-state index contributed by atoms with van der Waals surface area (Å²) < 4.78 is 10.9. The zero-order valence-corrected chi connectivity index (χ0v) is 14.7. The number of nitrogens with zero attached hydrogens (tertiary/aromatic N) is 1. The number of fused-ring (bicyclic) bond motifs is 3. The lowest BCUT2D eigenvalue weighted by Gasteiger charge is -2.35. The summed E-state index contributed by atoms with van der Waals surface area (Å²) in [5.41, 5.74) is 3.42. The van der Waals surface area contributed by atoms with Crippen LogP contribution >= 0.6 is 11.6 Å². The van der Waals surface area contributed by atoms with Crippen LogP contribution in [-0.4, -0.2) is 24.7 Å². The van der Waals surface area contributed by atoms with E-state index in [2.05, 4.69) is 17.1 Å². The van der Waals surface area contributed by atoms with Crippen molar-refractivity contribution < 1.29 is 14.3 Å². The van der Waals surface area contributed by atoms with Crippen LogP contribution < -0.4 is 4.74 Å². The van der Waals surface area contributed by atoms with Gasteiger partial charge in [0, 0.05) is 16.7 Å². The molecule has 0 saturated carbocycles. The van der Waals surface area contributed by atoms with Crippen LogP contribution in [0.3, 0.4) is 0 Å². The Labute approximate surface area is 151 Å². The Morgan fingerprint density at radius 3 is 3.04 bits per heavy atom. The van der Waals surface area contributed by atoms with Gasteiger partial charge in [-0.2, -0.15) is 0 Å². The van der Waals surface area contributed by atoms with Crippen molar-refractivity contribution in [2.24, 2.45) is 0 Å². The predicted molar refractivity (Wildman–Crippen MR) is 96.2 cm³/mol. The number of ether oxygens (including phenoxy) is 2. The summed E-state index contributed by atoms with van der Waals surface area (Å²) in [6.07, 6.45) is 7.20. The van der Waals surface area contributed by atoms with Crippen LogP contribution in [0.15, 0.2) is 36.4 Å². The minimum atomic E-state index is -0.350. The summed E-state index contributed by atoms with van der Waals surface area (Å²) in [7, 11) is 1.38. The van der Waals surface area contributed by atoms with Gasteiger partial charge < -0.3 is 9.47 Å². The molecule has 1 aromatic carbocycles. The van der Waals surface area contributed by atoms with Gasteiger partial charge in [0.05, 0.1) is 12.7 Å². The number of halogens is 1. The molecule has 1 atom stereocenters. The smallest absolute Gasteiger partial charge is 0.337 e. The predicted octanol–water partition coefficient (Wildman–Crippen LogP) is 4.20. The van der Waals surface area contributed by atoms with E-state index in [1.807, 2.05) is 18.2 Å². The van der Waals surface area contributed by atoms with Crippen molar-refractivity contribution in [3.8, 4) is 5.75 Å². The second kappa shape index (κ2) is 6.19. The van der Waals surface area contributed by atoms with E-state index in [9.17, 15) is 4.79 Å². The van der Waals surface area contributed by atoms with Gasteiger partial charge >= 0.3 is 5.97 Å². The third-order valence-electron chi connectivity index (χ3n) is 5.01. The largest absolute Gasteiger partial charge is 0.492 e. The Bertz CT molecular complexity index is 877. The molecule has 2 heterocycles. The van der Waals surface area contributed by atoms with E-state index in [4.69, 9.17) is 21.1 Å². The van der Waals surface area contributed by atoms with Crippen molar-refractivity contribution >= 4 is 23.6 Å². The Hall–Kier alpha value is -2.33. The SMILES string of the molecule is COC(=O)c1ccc2c(c1)C=C[C@@]1(CCCc3nc(Cl)ccc31)CO2. The fraction of sp³-hybridized carbons (Fsp3) is 0.300. The molecular weight excluding hydrogens is 338 g/mol. The Kier molecular flexibility index (Phi) is 4.00. The Balaban J connectivity index is 1.75. The standard InChI is InChI=1S/C20H18ClNO3/c1-24-19(23)14-4-6-17-13(11-14)8-10-20(12-25-17)9-2-3-16-15(20)5-7-18(21)22-16/h4-8,10-11H,2-3,9,12H2,1H3/t20-/m0/s1. The fourth-order valence-corrected chi connectivity index (χ4v) is 3.87. The van der Waals surface area contributed by atoms with Crippen molar-refractivity contribution in [1.82, 2.24) is 4.98 Å². The molecule has 5 heteroatoms. The summed E-state index contributed by atoms with van der Waals surface area (Å²) in [4.78, 5) is 16.3. The van der Waals surface area contributed by atoms with E-state index >= 15 is 0 Å². The molecule has 1 aromatic heterocycles. The second-order valence-corrected chi connectivity index (χ2v) is 6.89. The number of hydrogen-bond donors (Lipinski definition) is 0. The molecule has 1 aliphatic carbocycles. The first-order valence-electron chi connectivity index (χ1n) is 8.32. The minimum Gasteiger partial charge on any atom is -0.492 e. The molecule has 1 aliphatic heterocycles. The van der Waals surface area contributed by atoms with Crippen LogP contribution in [0.1, 0.15) is 40.0 Å². The summed E-state index contributed by atoms with van der Waals surface area (Å²) in [6.45, 7) is 0.546. The Morgan fingerprint density at radius 2 is 2.20 bits per heavy atom. The van der Waals surface area contributed by atoms with Gasteiger partial charge in [-0.05, 0) is 49.1 Å². The lowest BCUT2D eigenvalue weighted by Crippen LogP contribution is -2.35. The van der Waals surface area contributed by atoms with Crippen LogP contribution in [0, 0.1) is 0 Å². The lowest BCUT2D eigenvalue weighted by atomic mass is 9.72. The van der Waals surface area contributed by atoms with Gasteiger partial charge in [0.1, 0.15) is 17.5 Å². The third kappa shape index (κ3) is 2.81. The van der Waals surface area contributed by atoms with Crippen molar-refractivity contribution in [1.29, 1.82) is 0 Å². The summed E-state index contributed by atoms with van der Waals surface area (Å²) >= 11 is 6.07. The van der Waals surface area contributed by atoms with E-state index in [1.165, 1.54) is 12.7 Å². The first-order valence-corrected chi connectivity index (χ1v) is 8.69. The zero-order valence-electron chi connectivity index (χ0n) is 13.9. The maximum atomic E-state index is 11.8. The van der Waals surface area contributed by atoms with Crippen molar-refractivity contribution in [2.75, 3.05) is 13.7 Å². The van der Waals surface area contributed by atoms with Crippen LogP contribution in [-0.2, 0) is 16.6 Å². The van der Waals surface area contributed by atoms with Gasteiger partial charge in [-0.25, -0.2) is 9.78 Å². The molecule has 0 saturated heterocycles. The highest BCUT2D eigenvalue weighted by molar-refractivity contribution is 6.29. The lowest BCUT2D eigenvalue weighted by molar-refractivity contribution is 0.0600. The van der Waals surface area contributed by atoms with Gasteiger partial charge in [0.25, 0.3) is 0 Å². The first kappa shape index (κ1) is 16.2. The summed E-state index contributed by atoms with van der Waals surface area (Å²) in [5.74, 6) is 0.423. The average Bonchev–Trinajstić information content (AvgIpc) is 2.81. The molecule has 1 spiro atoms. The normalized spacial score (nSPS) is 21.0. The third-order valence-corrected chi connectivity index (χ3v) is 5.22. The molecule has 0 amide bonds. The summed E-state index contributed by atoms with van der Waals surface area (Å²) in [6, 6.07) is 9.27. The number of esters is 1. The molecule has 0 radical (unpaired) electrons. The van der Waals surface area contributed by atoms with E-state index < -0.39 is 0 Å². The van der Waals surface area contributed by atoms with E-state index in [0.29, 0.717) is 17.3 Å². The zero-order chi connectivity index (χ0) is 17.4. The molecule has 4 rings (SSSR count). The van der Waals surface area contributed by atoms with Crippen molar-refractivity contribution in [3.05, 3.63) is 63.9 Å². The molecule has 0 N–H and O–H groups in total. The number of hydrogen-bond acceptors (Lipinski definition) is 4. The number of carbonyl (C=O) groups is 1. The molecule has 4 nitrogen and oxygen atoms in total. The molecule has 0 fully saturated rings. The first-order chi connectivity index (χ1) is 12.1.